The quantitative estimate of drug-likeness (QED) is 0.891. The van der Waals surface area contributed by atoms with Gasteiger partial charge in [-0.25, -0.2) is 4.98 Å². The molecule has 9 heteroatoms. The normalized spacial score (nSPS) is 12.5. The van der Waals surface area contributed by atoms with Crippen LogP contribution >= 0.6 is 11.3 Å². The van der Waals surface area contributed by atoms with E-state index < -0.39 is 17.8 Å². The molecule has 0 radical (unpaired) electrons. The Bertz CT molecular complexity index is 712. The summed E-state index contributed by atoms with van der Waals surface area (Å²) >= 11 is 1.45. The van der Waals surface area contributed by atoms with Crippen molar-refractivity contribution in [1.82, 2.24) is 15.2 Å². The fourth-order valence-electron chi connectivity index (χ4n) is 1.87. The van der Waals surface area contributed by atoms with Gasteiger partial charge in [0.25, 0.3) is 0 Å². The molecular formula is C14H17F3N4OS. The summed E-state index contributed by atoms with van der Waals surface area (Å²) in [6.07, 6.45) is -4.54. The number of H-pyrrole nitrogens is 1. The standard InChI is InChI=1S/C14H17F3N4OS/c1-7-10(14(15,16)17)20-21-11(7)19-9(22)5-8-6-23-12(18-8)13(2,3)4/h6H,5H2,1-4H3,(H2,19,20,21,22). The van der Waals surface area contributed by atoms with Gasteiger partial charge in [0.1, 0.15) is 5.69 Å². The van der Waals surface area contributed by atoms with Gasteiger partial charge in [-0.3, -0.25) is 9.89 Å². The summed E-state index contributed by atoms with van der Waals surface area (Å²) in [5, 5.41) is 10.5. The van der Waals surface area contributed by atoms with Crippen molar-refractivity contribution in [1.29, 1.82) is 0 Å². The minimum Gasteiger partial charge on any atom is -0.309 e. The van der Waals surface area contributed by atoms with Gasteiger partial charge in [-0.15, -0.1) is 11.3 Å². The Balaban J connectivity index is 2.06. The predicted octanol–water partition coefficient (Wildman–Crippen LogP) is 3.67. The maximum Gasteiger partial charge on any atom is 0.433 e. The van der Waals surface area contributed by atoms with E-state index in [1.807, 2.05) is 25.9 Å². The van der Waals surface area contributed by atoms with Crippen LogP contribution in [0.25, 0.3) is 0 Å². The summed E-state index contributed by atoms with van der Waals surface area (Å²) < 4.78 is 38.0. The minimum atomic E-state index is -4.53. The number of carbonyl (C=O) groups is 1. The molecule has 5 nitrogen and oxygen atoms in total. The van der Waals surface area contributed by atoms with Crippen LogP contribution in [-0.2, 0) is 22.8 Å². The highest BCUT2D eigenvalue weighted by molar-refractivity contribution is 7.09. The number of nitrogens with zero attached hydrogens (tertiary/aromatic N) is 2. The van der Waals surface area contributed by atoms with Crippen LogP contribution in [0.1, 0.15) is 42.7 Å². The molecule has 2 aromatic rings. The third kappa shape index (κ3) is 4.10. The molecule has 0 aliphatic carbocycles. The average molecular weight is 346 g/mol. The molecule has 2 heterocycles. The van der Waals surface area contributed by atoms with Gasteiger partial charge in [0.05, 0.1) is 17.1 Å². The van der Waals surface area contributed by atoms with Crippen molar-refractivity contribution in [3.63, 3.8) is 0 Å². The van der Waals surface area contributed by atoms with E-state index in [9.17, 15) is 18.0 Å². The van der Waals surface area contributed by atoms with Crippen LogP contribution in [0.3, 0.4) is 0 Å². The molecule has 0 fully saturated rings. The van der Waals surface area contributed by atoms with Crippen molar-refractivity contribution >= 4 is 23.1 Å². The first-order chi connectivity index (χ1) is 10.5. The largest absolute Gasteiger partial charge is 0.433 e. The highest BCUT2D eigenvalue weighted by atomic mass is 32.1. The predicted molar refractivity (Wildman–Crippen MR) is 81.5 cm³/mol. The zero-order valence-electron chi connectivity index (χ0n) is 13.1. The van der Waals surface area contributed by atoms with Gasteiger partial charge in [0.15, 0.2) is 5.82 Å². The molecule has 0 bridgehead atoms. The number of anilines is 1. The topological polar surface area (TPSA) is 70.7 Å². The number of nitrogens with one attached hydrogen (secondary N) is 2. The van der Waals surface area contributed by atoms with Crippen molar-refractivity contribution < 1.29 is 18.0 Å². The SMILES string of the molecule is Cc1c(NC(=O)Cc2csc(C(C)(C)C)n2)n[nH]c1C(F)(F)F. The van der Waals surface area contributed by atoms with Crippen molar-refractivity contribution in [2.75, 3.05) is 5.32 Å². The molecule has 126 valence electrons. The highest BCUT2D eigenvalue weighted by Gasteiger charge is 2.36. The van der Waals surface area contributed by atoms with E-state index in [4.69, 9.17) is 0 Å². The molecule has 0 unspecified atom stereocenters. The lowest BCUT2D eigenvalue weighted by Gasteiger charge is -2.13. The van der Waals surface area contributed by atoms with Crippen LogP contribution in [0.4, 0.5) is 19.0 Å². The molecule has 0 aromatic carbocycles. The van der Waals surface area contributed by atoms with Gasteiger partial charge in [-0.2, -0.15) is 18.3 Å². The van der Waals surface area contributed by atoms with Crippen molar-refractivity contribution in [3.8, 4) is 0 Å². The molecule has 23 heavy (non-hydrogen) atoms. The molecule has 2 rings (SSSR count). The van der Waals surface area contributed by atoms with E-state index >= 15 is 0 Å². The highest BCUT2D eigenvalue weighted by Crippen LogP contribution is 2.32. The van der Waals surface area contributed by atoms with Crippen molar-refractivity contribution in [2.45, 2.75) is 45.7 Å². The lowest BCUT2D eigenvalue weighted by Crippen LogP contribution is -2.16. The summed E-state index contributed by atoms with van der Waals surface area (Å²) in [5.41, 5.74) is -0.627. The lowest BCUT2D eigenvalue weighted by molar-refractivity contribution is -0.141. The molecule has 0 saturated heterocycles. The number of rotatable bonds is 3. The van der Waals surface area contributed by atoms with E-state index in [1.54, 1.807) is 5.38 Å². The number of alkyl halides is 3. The molecule has 0 spiro atoms. The molecule has 0 aliphatic rings. The molecule has 0 saturated carbocycles. The van der Waals surface area contributed by atoms with Gasteiger partial charge in [-0.05, 0) is 6.92 Å². The summed E-state index contributed by atoms with van der Waals surface area (Å²) in [7, 11) is 0. The Morgan fingerprint density at radius 1 is 1.35 bits per heavy atom. The maximum absolute atomic E-state index is 12.7. The molecule has 0 aliphatic heterocycles. The van der Waals surface area contributed by atoms with E-state index in [2.05, 4.69) is 15.4 Å². The molecule has 0 atom stereocenters. The van der Waals surface area contributed by atoms with Gasteiger partial charge < -0.3 is 5.32 Å². The van der Waals surface area contributed by atoms with Gasteiger partial charge in [0.2, 0.25) is 5.91 Å². The monoisotopic (exact) mass is 346 g/mol. The van der Waals surface area contributed by atoms with Crippen LogP contribution in [0, 0.1) is 6.92 Å². The Hall–Kier alpha value is -1.90. The minimum absolute atomic E-state index is 0.0137. The molecule has 2 N–H and O–H groups in total. The number of thiazole rings is 1. The Morgan fingerprint density at radius 3 is 2.48 bits per heavy atom. The van der Waals surface area contributed by atoms with Crippen LogP contribution in [0.5, 0.6) is 0 Å². The second-order valence-electron chi connectivity index (χ2n) is 6.19. The Kier molecular flexibility index (Phi) is 4.52. The van der Waals surface area contributed by atoms with E-state index in [0.29, 0.717) is 5.69 Å². The number of carbonyl (C=O) groups excluding carboxylic acids is 1. The average Bonchev–Trinajstić information content (AvgIpc) is 2.96. The smallest absolute Gasteiger partial charge is 0.309 e. The van der Waals surface area contributed by atoms with Crippen LogP contribution in [-0.4, -0.2) is 21.1 Å². The van der Waals surface area contributed by atoms with Gasteiger partial charge in [-0.1, -0.05) is 20.8 Å². The first kappa shape index (κ1) is 17.5. The number of hydrogen-bond donors (Lipinski definition) is 2. The number of aromatic nitrogens is 3. The first-order valence-electron chi connectivity index (χ1n) is 6.85. The zero-order valence-corrected chi connectivity index (χ0v) is 13.9. The summed E-state index contributed by atoms with van der Waals surface area (Å²) in [5.74, 6) is -0.576. The maximum atomic E-state index is 12.7. The second kappa shape index (κ2) is 5.95. The third-order valence-electron chi connectivity index (χ3n) is 3.09. The summed E-state index contributed by atoms with van der Waals surface area (Å²) in [4.78, 5) is 16.3. The van der Waals surface area contributed by atoms with Gasteiger partial charge >= 0.3 is 6.18 Å². The number of halogens is 3. The van der Waals surface area contributed by atoms with E-state index in [0.717, 1.165) is 5.01 Å². The fraction of sp³-hybridized carbons (Fsp3) is 0.500. The zero-order chi connectivity index (χ0) is 17.4. The molecular weight excluding hydrogens is 329 g/mol. The van der Waals surface area contributed by atoms with Crippen molar-refractivity contribution in [3.05, 3.63) is 27.3 Å². The van der Waals surface area contributed by atoms with E-state index in [1.165, 1.54) is 18.3 Å². The Labute approximate surface area is 135 Å². The number of hydrogen-bond acceptors (Lipinski definition) is 4. The number of aromatic amines is 1. The summed E-state index contributed by atoms with van der Waals surface area (Å²) in [6.45, 7) is 7.30. The first-order valence-corrected chi connectivity index (χ1v) is 7.73. The van der Waals surface area contributed by atoms with Crippen LogP contribution in [0.15, 0.2) is 5.38 Å². The molecule has 1 amide bonds. The van der Waals surface area contributed by atoms with Gasteiger partial charge in [0, 0.05) is 16.4 Å². The summed E-state index contributed by atoms with van der Waals surface area (Å²) in [6, 6.07) is 0. The third-order valence-corrected chi connectivity index (χ3v) is 4.40. The van der Waals surface area contributed by atoms with Crippen molar-refractivity contribution in [2.24, 2.45) is 0 Å². The van der Waals surface area contributed by atoms with Crippen LogP contribution in [0.2, 0.25) is 0 Å². The Morgan fingerprint density at radius 2 is 2.00 bits per heavy atom. The number of amides is 1. The van der Waals surface area contributed by atoms with E-state index in [-0.39, 0.29) is 23.2 Å². The fourth-order valence-corrected chi connectivity index (χ4v) is 2.78. The lowest BCUT2D eigenvalue weighted by atomic mass is 9.98. The van der Waals surface area contributed by atoms with Crippen LogP contribution < -0.4 is 5.32 Å². The second-order valence-corrected chi connectivity index (χ2v) is 7.05. The molecule has 2 aromatic heterocycles.